The lowest BCUT2D eigenvalue weighted by molar-refractivity contribution is 0.0698. The summed E-state index contributed by atoms with van der Waals surface area (Å²) in [5, 5.41) is 9.09. The van der Waals surface area contributed by atoms with Gasteiger partial charge in [0, 0.05) is 23.5 Å². The van der Waals surface area contributed by atoms with Gasteiger partial charge in [0.25, 0.3) is 0 Å². The molecule has 2 aromatic rings. The average Bonchev–Trinajstić information content (AvgIpc) is 2.71. The summed E-state index contributed by atoms with van der Waals surface area (Å²) in [5.41, 5.74) is 2.16. The molecule has 0 unspecified atom stereocenters. The van der Waals surface area contributed by atoms with E-state index >= 15 is 0 Å². The van der Waals surface area contributed by atoms with Gasteiger partial charge in [-0.2, -0.15) is 0 Å². The normalized spacial score (nSPS) is 10.2. The van der Waals surface area contributed by atoms with Gasteiger partial charge in [0.1, 0.15) is 0 Å². The van der Waals surface area contributed by atoms with Crippen molar-refractivity contribution in [2.24, 2.45) is 0 Å². The van der Waals surface area contributed by atoms with Crippen molar-refractivity contribution in [3.8, 4) is 17.1 Å². The molecule has 0 aliphatic rings. The lowest BCUT2D eigenvalue weighted by atomic mass is 10.1. The number of carboxylic acid groups (broad SMARTS) is 1. The number of H-pyrrole nitrogens is 1. The monoisotopic (exact) mass is 232 g/mol. The minimum absolute atomic E-state index is 0.211. The Morgan fingerprint density at radius 3 is 2.88 bits per heavy atom. The summed E-state index contributed by atoms with van der Waals surface area (Å²) in [4.78, 5) is 18.2. The summed E-state index contributed by atoms with van der Waals surface area (Å²) in [6, 6.07) is 5.25. The third-order valence-corrected chi connectivity index (χ3v) is 2.50. The number of aromatic carboxylic acids is 1. The second-order valence-corrected chi connectivity index (χ2v) is 3.57. The Morgan fingerprint density at radius 2 is 2.24 bits per heavy atom. The fraction of sp³-hybridized carbons (Fsp3) is 0.167. The number of methoxy groups -OCH3 is 1. The Labute approximate surface area is 98.1 Å². The average molecular weight is 232 g/mol. The van der Waals surface area contributed by atoms with Gasteiger partial charge >= 0.3 is 5.97 Å². The molecule has 2 aromatic heterocycles. The van der Waals surface area contributed by atoms with Gasteiger partial charge < -0.3 is 14.8 Å². The maximum absolute atomic E-state index is 11.1. The van der Waals surface area contributed by atoms with Crippen molar-refractivity contribution in [1.82, 2.24) is 9.97 Å². The van der Waals surface area contributed by atoms with Crippen molar-refractivity contribution in [2.75, 3.05) is 7.11 Å². The lowest BCUT2D eigenvalue weighted by Crippen LogP contribution is -1.98. The predicted molar refractivity (Wildman–Crippen MR) is 62.3 cm³/mol. The zero-order chi connectivity index (χ0) is 12.4. The fourth-order valence-corrected chi connectivity index (χ4v) is 1.69. The Bertz CT molecular complexity index is 561. The van der Waals surface area contributed by atoms with E-state index in [1.165, 1.54) is 13.3 Å². The van der Waals surface area contributed by atoms with Crippen LogP contribution in [0.15, 0.2) is 24.4 Å². The molecular formula is C12H12N2O3. The topological polar surface area (TPSA) is 75.2 Å². The Kier molecular flexibility index (Phi) is 2.82. The molecule has 0 fully saturated rings. The van der Waals surface area contributed by atoms with Crippen LogP contribution in [0.1, 0.15) is 16.1 Å². The van der Waals surface area contributed by atoms with Crippen molar-refractivity contribution >= 4 is 5.97 Å². The first-order valence-corrected chi connectivity index (χ1v) is 5.06. The molecule has 5 nitrogen and oxygen atoms in total. The molecule has 0 aromatic carbocycles. The summed E-state index contributed by atoms with van der Waals surface area (Å²) in [6.45, 7) is 1.81. The second-order valence-electron chi connectivity index (χ2n) is 3.57. The van der Waals surface area contributed by atoms with E-state index in [9.17, 15) is 4.79 Å². The van der Waals surface area contributed by atoms with Gasteiger partial charge in [0.2, 0.25) is 5.88 Å². The predicted octanol–water partition coefficient (Wildman–Crippen LogP) is 2.09. The van der Waals surface area contributed by atoms with E-state index in [1.54, 1.807) is 18.2 Å². The van der Waals surface area contributed by atoms with Gasteiger partial charge in [0.05, 0.1) is 18.4 Å². The number of pyridine rings is 1. The fourth-order valence-electron chi connectivity index (χ4n) is 1.69. The van der Waals surface area contributed by atoms with Crippen LogP contribution >= 0.6 is 0 Å². The van der Waals surface area contributed by atoms with Crippen LogP contribution in [0.25, 0.3) is 11.3 Å². The minimum atomic E-state index is -0.978. The van der Waals surface area contributed by atoms with E-state index in [4.69, 9.17) is 9.84 Å². The number of rotatable bonds is 3. The molecule has 88 valence electrons. The molecular weight excluding hydrogens is 220 g/mol. The standard InChI is InChI=1S/C12H12N2O3/c1-7-11(8(6-13-7)12(15)16)9-4-3-5-10(14-9)17-2/h3-6,13H,1-2H3,(H,15,16). The van der Waals surface area contributed by atoms with Crippen molar-refractivity contribution in [3.05, 3.63) is 35.7 Å². The number of hydrogen-bond acceptors (Lipinski definition) is 3. The first kappa shape index (κ1) is 11.2. The molecule has 0 amide bonds. The third kappa shape index (κ3) is 1.99. The molecule has 2 rings (SSSR count). The molecule has 0 aliphatic carbocycles. The lowest BCUT2D eigenvalue weighted by Gasteiger charge is -2.04. The van der Waals surface area contributed by atoms with Crippen LogP contribution in [-0.4, -0.2) is 28.2 Å². The van der Waals surface area contributed by atoms with Crippen molar-refractivity contribution in [2.45, 2.75) is 6.92 Å². The Balaban J connectivity index is 2.59. The van der Waals surface area contributed by atoms with Crippen LogP contribution in [0.4, 0.5) is 0 Å². The zero-order valence-electron chi connectivity index (χ0n) is 9.52. The van der Waals surface area contributed by atoms with Crippen LogP contribution in [0.2, 0.25) is 0 Å². The Hall–Kier alpha value is -2.30. The maximum atomic E-state index is 11.1. The number of carboxylic acids is 1. The molecule has 17 heavy (non-hydrogen) atoms. The van der Waals surface area contributed by atoms with E-state index < -0.39 is 5.97 Å². The van der Waals surface area contributed by atoms with E-state index in [-0.39, 0.29) is 5.56 Å². The number of aromatic amines is 1. The molecule has 0 bridgehead atoms. The van der Waals surface area contributed by atoms with Crippen molar-refractivity contribution < 1.29 is 14.6 Å². The molecule has 0 radical (unpaired) electrons. The molecule has 0 saturated heterocycles. The summed E-state index contributed by atoms with van der Waals surface area (Å²) >= 11 is 0. The molecule has 0 aliphatic heterocycles. The van der Waals surface area contributed by atoms with Gasteiger partial charge in [-0.25, -0.2) is 9.78 Å². The number of nitrogens with zero attached hydrogens (tertiary/aromatic N) is 1. The van der Waals surface area contributed by atoms with Crippen LogP contribution in [0, 0.1) is 6.92 Å². The number of aryl methyl sites for hydroxylation is 1. The second kappa shape index (κ2) is 4.29. The smallest absolute Gasteiger partial charge is 0.337 e. The van der Waals surface area contributed by atoms with E-state index in [0.717, 1.165) is 5.69 Å². The first-order chi connectivity index (χ1) is 8.13. The minimum Gasteiger partial charge on any atom is -0.481 e. The molecule has 0 saturated carbocycles. The first-order valence-electron chi connectivity index (χ1n) is 5.06. The number of carbonyl (C=O) groups is 1. The van der Waals surface area contributed by atoms with Crippen LogP contribution in [0.3, 0.4) is 0 Å². The summed E-state index contributed by atoms with van der Waals surface area (Å²) in [5.74, 6) is -0.520. The van der Waals surface area contributed by atoms with Gasteiger partial charge in [-0.3, -0.25) is 0 Å². The molecule has 2 heterocycles. The number of hydrogen-bond donors (Lipinski definition) is 2. The highest BCUT2D eigenvalue weighted by atomic mass is 16.5. The quantitative estimate of drug-likeness (QED) is 0.849. The van der Waals surface area contributed by atoms with Crippen molar-refractivity contribution in [3.63, 3.8) is 0 Å². The summed E-state index contributed by atoms with van der Waals surface area (Å²) in [6.07, 6.45) is 1.47. The third-order valence-electron chi connectivity index (χ3n) is 2.50. The highest BCUT2D eigenvalue weighted by Crippen LogP contribution is 2.27. The van der Waals surface area contributed by atoms with Crippen LogP contribution in [0.5, 0.6) is 5.88 Å². The molecule has 5 heteroatoms. The van der Waals surface area contributed by atoms with Gasteiger partial charge in [-0.1, -0.05) is 6.07 Å². The molecule has 0 spiro atoms. The SMILES string of the molecule is COc1cccc(-c2c(C(=O)O)c[nH]c2C)n1. The highest BCUT2D eigenvalue weighted by Gasteiger charge is 2.17. The highest BCUT2D eigenvalue weighted by molar-refractivity contribution is 5.96. The Morgan fingerprint density at radius 1 is 1.47 bits per heavy atom. The largest absolute Gasteiger partial charge is 0.481 e. The van der Waals surface area contributed by atoms with Gasteiger partial charge in [-0.15, -0.1) is 0 Å². The van der Waals surface area contributed by atoms with Gasteiger partial charge in [0.15, 0.2) is 0 Å². The maximum Gasteiger partial charge on any atom is 0.337 e. The zero-order valence-corrected chi connectivity index (χ0v) is 9.52. The number of nitrogens with one attached hydrogen (secondary N) is 1. The summed E-state index contributed by atoms with van der Waals surface area (Å²) in [7, 11) is 1.52. The molecule has 0 atom stereocenters. The number of aromatic nitrogens is 2. The summed E-state index contributed by atoms with van der Waals surface area (Å²) < 4.78 is 5.02. The number of ether oxygens (including phenoxy) is 1. The van der Waals surface area contributed by atoms with E-state index in [0.29, 0.717) is 17.1 Å². The van der Waals surface area contributed by atoms with E-state index in [1.807, 2.05) is 6.92 Å². The van der Waals surface area contributed by atoms with Crippen molar-refractivity contribution in [1.29, 1.82) is 0 Å². The van der Waals surface area contributed by atoms with Gasteiger partial charge in [-0.05, 0) is 13.0 Å². The van der Waals surface area contributed by atoms with Crippen LogP contribution < -0.4 is 4.74 Å². The molecule has 2 N–H and O–H groups in total. The van der Waals surface area contributed by atoms with E-state index in [2.05, 4.69) is 9.97 Å². The van der Waals surface area contributed by atoms with Crippen LogP contribution in [-0.2, 0) is 0 Å².